The van der Waals surface area contributed by atoms with E-state index in [0.29, 0.717) is 18.0 Å². The van der Waals surface area contributed by atoms with Crippen molar-refractivity contribution >= 4 is 5.82 Å². The number of pyridine rings is 1. The maximum atomic E-state index is 6.77. The summed E-state index contributed by atoms with van der Waals surface area (Å²) in [4.78, 5) is 8.90. The largest absolute Gasteiger partial charge is 0.493 e. The summed E-state index contributed by atoms with van der Waals surface area (Å²) >= 11 is 0. The highest BCUT2D eigenvalue weighted by Crippen LogP contribution is 2.35. The van der Waals surface area contributed by atoms with Crippen LogP contribution in [-0.4, -0.2) is 36.9 Å². The first-order valence-corrected chi connectivity index (χ1v) is 11.4. The number of aryl methyl sites for hydroxylation is 1. The van der Waals surface area contributed by atoms with E-state index in [9.17, 15) is 0 Å². The Morgan fingerprint density at radius 1 is 0.879 bits per heavy atom. The van der Waals surface area contributed by atoms with E-state index >= 15 is 0 Å². The molecule has 1 aromatic heterocycles. The van der Waals surface area contributed by atoms with Gasteiger partial charge in [-0.3, -0.25) is 5.73 Å². The van der Waals surface area contributed by atoms with Gasteiger partial charge in [0, 0.05) is 24.8 Å². The van der Waals surface area contributed by atoms with Crippen LogP contribution in [0.1, 0.15) is 35.7 Å². The molecule has 4 rings (SSSR count). The number of nitrogens with two attached hydrogens (primary N) is 2. The lowest BCUT2D eigenvalue weighted by Crippen LogP contribution is -2.60. The van der Waals surface area contributed by atoms with Crippen molar-refractivity contribution in [3.63, 3.8) is 0 Å². The summed E-state index contributed by atoms with van der Waals surface area (Å²) in [5.74, 6) is 2.26. The maximum absolute atomic E-state index is 6.77. The van der Waals surface area contributed by atoms with Crippen molar-refractivity contribution in [2.75, 3.05) is 25.7 Å². The molecule has 0 bridgehead atoms. The van der Waals surface area contributed by atoms with Crippen molar-refractivity contribution in [1.82, 2.24) is 9.88 Å². The summed E-state index contributed by atoms with van der Waals surface area (Å²) in [6.45, 7) is 1.39. The van der Waals surface area contributed by atoms with Crippen molar-refractivity contribution in [1.29, 1.82) is 0 Å². The number of methoxy groups -OCH3 is 2. The molecule has 0 spiro atoms. The Kier molecular flexibility index (Phi) is 7.44. The van der Waals surface area contributed by atoms with Crippen molar-refractivity contribution in [2.45, 2.75) is 38.3 Å². The summed E-state index contributed by atoms with van der Waals surface area (Å²) in [7, 11) is 3.27. The standard InChI is InChI=1S/C26H33N5O2/c1-32-22-14-13-20(17-23(22)33-2)18-31-24(27)21-12-8-15-29-25(21)30(26(31)28)16-7-6-11-19-9-4-3-5-10-19/h3-5,8-10,12-15,17,24,26H,6-7,11,16,18,27-28H2,1-2H3. The first-order chi connectivity index (χ1) is 16.1. The van der Waals surface area contributed by atoms with E-state index in [1.54, 1.807) is 20.4 Å². The molecule has 2 atom stereocenters. The predicted octanol–water partition coefficient (Wildman–Crippen LogP) is 3.64. The second-order valence-corrected chi connectivity index (χ2v) is 8.27. The number of hydrogen-bond acceptors (Lipinski definition) is 7. The van der Waals surface area contributed by atoms with Crippen molar-refractivity contribution in [3.8, 4) is 11.5 Å². The molecule has 33 heavy (non-hydrogen) atoms. The Hall–Kier alpha value is -3.13. The number of aromatic nitrogens is 1. The molecule has 0 saturated carbocycles. The van der Waals surface area contributed by atoms with Crippen LogP contribution >= 0.6 is 0 Å². The Morgan fingerprint density at radius 2 is 1.67 bits per heavy atom. The molecular weight excluding hydrogens is 414 g/mol. The van der Waals surface area contributed by atoms with E-state index in [1.165, 1.54) is 5.56 Å². The van der Waals surface area contributed by atoms with E-state index in [1.807, 2.05) is 30.3 Å². The lowest BCUT2D eigenvalue weighted by atomic mass is 10.1. The van der Waals surface area contributed by atoms with Crippen LogP contribution in [0.3, 0.4) is 0 Å². The third kappa shape index (κ3) is 5.11. The molecule has 2 aromatic carbocycles. The number of rotatable bonds is 9. The van der Waals surface area contributed by atoms with Crippen LogP contribution in [0, 0.1) is 0 Å². The Morgan fingerprint density at radius 3 is 2.42 bits per heavy atom. The molecule has 7 nitrogen and oxygen atoms in total. The molecule has 2 unspecified atom stereocenters. The maximum Gasteiger partial charge on any atom is 0.161 e. The summed E-state index contributed by atoms with van der Waals surface area (Å²) < 4.78 is 10.8. The SMILES string of the molecule is COc1ccc(CN2C(N)c3cccnc3N(CCCCc3ccccc3)C2N)cc1OC. The fourth-order valence-corrected chi connectivity index (χ4v) is 4.40. The molecule has 1 aliphatic rings. The number of fused-ring (bicyclic) bond motifs is 1. The number of hydrogen-bond donors (Lipinski definition) is 2. The van der Waals surface area contributed by atoms with Gasteiger partial charge in [-0.2, -0.15) is 0 Å². The van der Waals surface area contributed by atoms with Crippen molar-refractivity contribution in [3.05, 3.63) is 83.6 Å². The van der Waals surface area contributed by atoms with Gasteiger partial charge in [0.1, 0.15) is 12.1 Å². The number of ether oxygens (including phenoxy) is 2. The zero-order valence-electron chi connectivity index (χ0n) is 19.4. The van der Waals surface area contributed by atoms with Crippen LogP contribution in [0.15, 0.2) is 66.9 Å². The molecule has 174 valence electrons. The topological polar surface area (TPSA) is 89.9 Å². The molecular formula is C26H33N5O2. The van der Waals surface area contributed by atoms with Gasteiger partial charge in [0.05, 0.1) is 20.4 Å². The fourth-order valence-electron chi connectivity index (χ4n) is 4.40. The Bertz CT molecular complexity index is 1050. The second kappa shape index (κ2) is 10.7. The van der Waals surface area contributed by atoms with Gasteiger partial charge in [0.2, 0.25) is 0 Å². The highest BCUT2D eigenvalue weighted by atomic mass is 16.5. The predicted molar refractivity (Wildman–Crippen MR) is 131 cm³/mol. The molecule has 4 N–H and O–H groups in total. The molecule has 2 heterocycles. The summed E-state index contributed by atoms with van der Waals surface area (Å²) in [6.07, 6.45) is 4.21. The zero-order chi connectivity index (χ0) is 23.2. The van der Waals surface area contributed by atoms with Gasteiger partial charge in [0.15, 0.2) is 11.5 Å². The van der Waals surface area contributed by atoms with Crippen LogP contribution in [0.25, 0.3) is 0 Å². The van der Waals surface area contributed by atoms with Gasteiger partial charge in [-0.1, -0.05) is 42.5 Å². The number of unbranched alkanes of at least 4 members (excludes halogenated alkanes) is 1. The highest BCUT2D eigenvalue weighted by Gasteiger charge is 2.36. The minimum atomic E-state index is -0.382. The Balaban J connectivity index is 1.50. The molecule has 0 fully saturated rings. The van der Waals surface area contributed by atoms with E-state index in [-0.39, 0.29) is 12.5 Å². The zero-order valence-corrected chi connectivity index (χ0v) is 19.4. The number of nitrogens with zero attached hydrogens (tertiary/aromatic N) is 3. The van der Waals surface area contributed by atoms with Crippen molar-refractivity contribution < 1.29 is 9.47 Å². The van der Waals surface area contributed by atoms with E-state index in [4.69, 9.17) is 20.9 Å². The average molecular weight is 448 g/mol. The monoisotopic (exact) mass is 447 g/mol. The van der Waals surface area contributed by atoms with Gasteiger partial charge >= 0.3 is 0 Å². The first kappa shape index (κ1) is 23.0. The fraction of sp³-hybridized carbons (Fsp3) is 0.346. The summed E-state index contributed by atoms with van der Waals surface area (Å²) in [6, 6.07) is 20.4. The van der Waals surface area contributed by atoms with Gasteiger partial charge in [0.25, 0.3) is 0 Å². The summed E-state index contributed by atoms with van der Waals surface area (Å²) in [5.41, 5.74) is 16.8. The Labute approximate surface area is 195 Å². The third-order valence-electron chi connectivity index (χ3n) is 6.19. The quantitative estimate of drug-likeness (QED) is 0.484. The van der Waals surface area contributed by atoms with E-state index in [2.05, 4.69) is 45.1 Å². The molecule has 7 heteroatoms. The van der Waals surface area contributed by atoms with E-state index < -0.39 is 0 Å². The molecule has 0 radical (unpaired) electrons. The van der Waals surface area contributed by atoms with Crippen LogP contribution in [0.4, 0.5) is 5.82 Å². The second-order valence-electron chi connectivity index (χ2n) is 8.27. The minimum Gasteiger partial charge on any atom is -0.493 e. The van der Waals surface area contributed by atoms with Crippen LogP contribution < -0.4 is 25.8 Å². The van der Waals surface area contributed by atoms with Crippen molar-refractivity contribution in [2.24, 2.45) is 11.5 Å². The van der Waals surface area contributed by atoms with Crippen LogP contribution in [0.2, 0.25) is 0 Å². The third-order valence-corrected chi connectivity index (χ3v) is 6.19. The average Bonchev–Trinajstić information content (AvgIpc) is 2.86. The molecule has 0 saturated heterocycles. The van der Waals surface area contributed by atoms with Gasteiger partial charge in [-0.25, -0.2) is 9.88 Å². The number of anilines is 1. The van der Waals surface area contributed by atoms with Crippen LogP contribution in [-0.2, 0) is 13.0 Å². The molecule has 0 amide bonds. The van der Waals surface area contributed by atoms with Gasteiger partial charge in [-0.15, -0.1) is 0 Å². The lowest BCUT2D eigenvalue weighted by Gasteiger charge is -2.46. The van der Waals surface area contributed by atoms with Gasteiger partial charge < -0.3 is 20.1 Å². The van der Waals surface area contributed by atoms with Gasteiger partial charge in [-0.05, 0) is 48.6 Å². The molecule has 3 aromatic rings. The smallest absolute Gasteiger partial charge is 0.161 e. The lowest BCUT2D eigenvalue weighted by molar-refractivity contribution is 0.111. The van der Waals surface area contributed by atoms with E-state index in [0.717, 1.165) is 42.8 Å². The van der Waals surface area contributed by atoms with Crippen LogP contribution in [0.5, 0.6) is 11.5 Å². The molecule has 1 aliphatic heterocycles. The normalized spacial score (nSPS) is 18.1. The highest BCUT2D eigenvalue weighted by molar-refractivity contribution is 5.51. The first-order valence-electron chi connectivity index (χ1n) is 11.4. The summed E-state index contributed by atoms with van der Waals surface area (Å²) in [5, 5.41) is 0. The number of benzene rings is 2. The minimum absolute atomic E-state index is 0.350. The molecule has 0 aliphatic carbocycles.